The van der Waals surface area contributed by atoms with Crippen LogP contribution in [0.15, 0.2) is 42.7 Å². The number of carbonyl (C=O) groups excluding carboxylic acids is 2. The molecule has 108 valence electrons. The van der Waals surface area contributed by atoms with E-state index in [0.717, 1.165) is 6.20 Å². The van der Waals surface area contributed by atoms with Crippen LogP contribution < -0.4 is 10.6 Å². The van der Waals surface area contributed by atoms with Gasteiger partial charge in [0.2, 0.25) is 5.91 Å². The highest BCUT2D eigenvalue weighted by molar-refractivity contribution is 6.05. The third-order valence-electron chi connectivity index (χ3n) is 2.91. The molecule has 6 heteroatoms. The van der Waals surface area contributed by atoms with Crippen molar-refractivity contribution in [1.29, 1.82) is 0 Å². The quantitative estimate of drug-likeness (QED) is 0.900. The van der Waals surface area contributed by atoms with Crippen molar-refractivity contribution in [2.24, 2.45) is 0 Å². The average Bonchev–Trinajstić information content (AvgIpc) is 2.49. The van der Waals surface area contributed by atoms with Gasteiger partial charge in [-0.1, -0.05) is 18.2 Å². The molecule has 2 amide bonds. The number of benzene rings is 1. The molecule has 1 aromatic heterocycles. The number of pyridine rings is 1. The van der Waals surface area contributed by atoms with Gasteiger partial charge in [-0.05, 0) is 17.7 Å². The highest BCUT2D eigenvalue weighted by atomic mass is 19.1. The van der Waals surface area contributed by atoms with Gasteiger partial charge in [0.15, 0.2) is 5.82 Å². The van der Waals surface area contributed by atoms with Gasteiger partial charge in [-0.15, -0.1) is 0 Å². The van der Waals surface area contributed by atoms with Crippen molar-refractivity contribution < 1.29 is 14.0 Å². The van der Waals surface area contributed by atoms with Gasteiger partial charge < -0.3 is 10.6 Å². The van der Waals surface area contributed by atoms with Crippen LogP contribution in [0.25, 0.3) is 0 Å². The fourth-order valence-electron chi connectivity index (χ4n) is 1.81. The van der Waals surface area contributed by atoms with Gasteiger partial charge in [-0.25, -0.2) is 4.39 Å². The maximum atomic E-state index is 13.5. The van der Waals surface area contributed by atoms with E-state index in [1.165, 1.54) is 19.3 Å². The van der Waals surface area contributed by atoms with Crippen LogP contribution in [0.1, 0.15) is 15.9 Å². The molecule has 2 rings (SSSR count). The first-order chi connectivity index (χ1) is 10.1. The van der Waals surface area contributed by atoms with E-state index in [0.29, 0.717) is 11.3 Å². The van der Waals surface area contributed by atoms with Crippen molar-refractivity contribution in [1.82, 2.24) is 10.3 Å². The summed E-state index contributed by atoms with van der Waals surface area (Å²) >= 11 is 0. The van der Waals surface area contributed by atoms with Crippen LogP contribution in [-0.2, 0) is 11.2 Å². The third-order valence-corrected chi connectivity index (χ3v) is 2.91. The monoisotopic (exact) mass is 287 g/mol. The van der Waals surface area contributed by atoms with Crippen molar-refractivity contribution in [2.45, 2.75) is 6.42 Å². The number of para-hydroxylation sites is 1. The largest absolute Gasteiger partial charge is 0.359 e. The zero-order valence-corrected chi connectivity index (χ0v) is 11.4. The summed E-state index contributed by atoms with van der Waals surface area (Å²) < 4.78 is 13.5. The molecular formula is C15H14FN3O2. The summed E-state index contributed by atoms with van der Waals surface area (Å²) in [6.45, 7) is 0. The predicted molar refractivity (Wildman–Crippen MR) is 76.4 cm³/mol. The predicted octanol–water partition coefficient (Wildman–Crippen LogP) is 1.76. The summed E-state index contributed by atoms with van der Waals surface area (Å²) in [5.41, 5.74) is 1.03. The molecule has 0 aliphatic heterocycles. The summed E-state index contributed by atoms with van der Waals surface area (Å²) in [7, 11) is 1.54. The van der Waals surface area contributed by atoms with Crippen LogP contribution in [0.3, 0.4) is 0 Å². The number of hydrogen-bond donors (Lipinski definition) is 2. The minimum atomic E-state index is -0.696. The van der Waals surface area contributed by atoms with Crippen LogP contribution in [0.4, 0.5) is 10.1 Å². The van der Waals surface area contributed by atoms with E-state index in [1.807, 2.05) is 0 Å². The summed E-state index contributed by atoms with van der Waals surface area (Å²) in [6, 6.07) is 8.18. The van der Waals surface area contributed by atoms with E-state index >= 15 is 0 Å². The van der Waals surface area contributed by atoms with Crippen LogP contribution in [0.5, 0.6) is 0 Å². The van der Waals surface area contributed by atoms with Crippen LogP contribution in [0.2, 0.25) is 0 Å². The van der Waals surface area contributed by atoms with Crippen molar-refractivity contribution in [3.8, 4) is 0 Å². The van der Waals surface area contributed by atoms with Gasteiger partial charge in [-0.3, -0.25) is 14.6 Å². The van der Waals surface area contributed by atoms with Gasteiger partial charge in [0.25, 0.3) is 5.91 Å². The van der Waals surface area contributed by atoms with Gasteiger partial charge in [0.05, 0.1) is 18.2 Å². The van der Waals surface area contributed by atoms with Crippen molar-refractivity contribution in [3.05, 3.63) is 59.7 Å². The first-order valence-electron chi connectivity index (χ1n) is 6.31. The number of rotatable bonds is 4. The highest BCUT2D eigenvalue weighted by Crippen LogP contribution is 2.17. The van der Waals surface area contributed by atoms with Crippen LogP contribution >= 0.6 is 0 Å². The maximum Gasteiger partial charge on any atom is 0.258 e. The lowest BCUT2D eigenvalue weighted by Crippen LogP contribution is -2.21. The first-order valence-corrected chi connectivity index (χ1v) is 6.31. The molecule has 5 nitrogen and oxygen atoms in total. The molecule has 0 aliphatic rings. The molecule has 0 radical (unpaired) electrons. The Labute approximate surface area is 121 Å². The Morgan fingerprint density at radius 3 is 2.71 bits per heavy atom. The third kappa shape index (κ3) is 3.62. The number of aromatic nitrogens is 1. The molecule has 0 bridgehead atoms. The number of halogens is 1. The lowest BCUT2D eigenvalue weighted by atomic mass is 10.1. The van der Waals surface area contributed by atoms with E-state index in [4.69, 9.17) is 0 Å². The zero-order chi connectivity index (χ0) is 15.2. The van der Waals surface area contributed by atoms with Crippen molar-refractivity contribution in [3.63, 3.8) is 0 Å². The second-order valence-corrected chi connectivity index (χ2v) is 4.32. The number of carbonyl (C=O) groups is 2. The normalized spacial score (nSPS) is 10.0. The standard InChI is InChI=1S/C15H14FN3O2/c1-17-14(20)8-10-4-2-3-5-13(10)19-15(21)11-6-7-18-9-12(11)16/h2-7,9H,8H2,1H3,(H,17,20)(H,19,21). The maximum absolute atomic E-state index is 13.5. The minimum Gasteiger partial charge on any atom is -0.359 e. The lowest BCUT2D eigenvalue weighted by molar-refractivity contribution is -0.119. The Bertz CT molecular complexity index is 673. The molecule has 2 aromatic rings. The molecule has 0 aliphatic carbocycles. The Kier molecular flexibility index (Phi) is 4.61. The Hall–Kier alpha value is -2.76. The van der Waals surface area contributed by atoms with E-state index in [1.54, 1.807) is 24.3 Å². The molecular weight excluding hydrogens is 273 g/mol. The second-order valence-electron chi connectivity index (χ2n) is 4.32. The SMILES string of the molecule is CNC(=O)Cc1ccccc1NC(=O)c1ccncc1F. The second kappa shape index (κ2) is 6.60. The molecule has 0 spiro atoms. The van der Waals surface area contributed by atoms with Crippen molar-refractivity contribution in [2.75, 3.05) is 12.4 Å². The average molecular weight is 287 g/mol. The van der Waals surface area contributed by atoms with Gasteiger partial charge in [0, 0.05) is 18.9 Å². The summed E-state index contributed by atoms with van der Waals surface area (Å²) in [4.78, 5) is 27.1. The fraction of sp³-hybridized carbons (Fsp3) is 0.133. The number of anilines is 1. The summed E-state index contributed by atoms with van der Waals surface area (Å²) in [5, 5.41) is 5.13. The van der Waals surface area contributed by atoms with Crippen LogP contribution in [-0.4, -0.2) is 23.8 Å². The van der Waals surface area contributed by atoms with Gasteiger partial charge in [-0.2, -0.15) is 0 Å². The lowest BCUT2D eigenvalue weighted by Gasteiger charge is -2.10. The highest BCUT2D eigenvalue weighted by Gasteiger charge is 2.14. The molecule has 1 aromatic carbocycles. The molecule has 0 unspecified atom stereocenters. The zero-order valence-electron chi connectivity index (χ0n) is 11.4. The van der Waals surface area contributed by atoms with Gasteiger partial charge in [0.1, 0.15) is 0 Å². The van der Waals surface area contributed by atoms with E-state index in [2.05, 4.69) is 15.6 Å². The molecule has 0 fully saturated rings. The number of nitrogens with zero attached hydrogens (tertiary/aromatic N) is 1. The Morgan fingerprint density at radius 2 is 2.00 bits per heavy atom. The van der Waals surface area contributed by atoms with Crippen LogP contribution in [0, 0.1) is 5.82 Å². The Balaban J connectivity index is 2.22. The van der Waals surface area contributed by atoms with E-state index in [9.17, 15) is 14.0 Å². The minimum absolute atomic E-state index is 0.0975. The molecule has 0 saturated heterocycles. The molecule has 0 saturated carbocycles. The topological polar surface area (TPSA) is 71.1 Å². The number of amides is 2. The van der Waals surface area contributed by atoms with E-state index in [-0.39, 0.29) is 17.9 Å². The summed E-state index contributed by atoms with van der Waals surface area (Å²) in [6.07, 6.45) is 2.45. The number of hydrogen-bond acceptors (Lipinski definition) is 3. The smallest absolute Gasteiger partial charge is 0.258 e. The fourth-order valence-corrected chi connectivity index (χ4v) is 1.81. The summed E-state index contributed by atoms with van der Waals surface area (Å²) in [5.74, 6) is -1.45. The number of likely N-dealkylation sites (N-methyl/N-ethyl adjacent to an activating group) is 1. The molecule has 21 heavy (non-hydrogen) atoms. The molecule has 1 heterocycles. The number of nitrogens with one attached hydrogen (secondary N) is 2. The Morgan fingerprint density at radius 1 is 1.24 bits per heavy atom. The van der Waals surface area contributed by atoms with E-state index < -0.39 is 11.7 Å². The molecule has 0 atom stereocenters. The van der Waals surface area contributed by atoms with Gasteiger partial charge >= 0.3 is 0 Å². The molecule has 2 N–H and O–H groups in total. The van der Waals surface area contributed by atoms with Crippen molar-refractivity contribution >= 4 is 17.5 Å². The first kappa shape index (κ1) is 14.6.